The van der Waals surface area contributed by atoms with Gasteiger partial charge in [0.25, 0.3) is 0 Å². The number of para-hydroxylation sites is 2. The number of rotatable bonds is 3. The zero-order valence-corrected chi connectivity index (χ0v) is 11.5. The van der Waals surface area contributed by atoms with Crippen LogP contribution in [-0.4, -0.2) is 15.8 Å². The summed E-state index contributed by atoms with van der Waals surface area (Å²) < 4.78 is 13.9. The summed E-state index contributed by atoms with van der Waals surface area (Å²) in [7, 11) is 0. The third kappa shape index (κ3) is 2.32. The first-order chi connectivity index (χ1) is 9.65. The molecule has 0 aliphatic heterocycles. The molecule has 20 heavy (non-hydrogen) atoms. The van der Waals surface area contributed by atoms with E-state index in [4.69, 9.17) is 0 Å². The molecule has 0 aliphatic rings. The Labute approximate surface area is 119 Å². The second kappa shape index (κ2) is 5.09. The fraction of sp³-hybridized carbons (Fsp3) is 0.0667. The molecule has 0 bridgehead atoms. The minimum Gasteiger partial charge on any atom is -0.333 e. The molecule has 0 atom stereocenters. The molecule has 2 aromatic carbocycles. The molecule has 0 amide bonds. The molecular weight excluding hydrogens is 275 g/mol. The van der Waals surface area contributed by atoms with Crippen molar-refractivity contribution in [3.05, 3.63) is 53.8 Å². The largest absolute Gasteiger partial charge is 0.333 e. The molecule has 5 heteroatoms. The summed E-state index contributed by atoms with van der Waals surface area (Å²) in [5.74, 6) is -0.578. The number of hydrogen-bond acceptors (Lipinski definition) is 3. The number of fused-ring (bicyclic) bond motifs is 1. The van der Waals surface area contributed by atoms with Gasteiger partial charge in [0.05, 0.1) is 15.9 Å². The normalized spacial score (nSPS) is 10.9. The Morgan fingerprint density at radius 1 is 1.20 bits per heavy atom. The van der Waals surface area contributed by atoms with Crippen LogP contribution in [0.25, 0.3) is 11.0 Å². The van der Waals surface area contributed by atoms with E-state index in [1.54, 1.807) is 6.07 Å². The van der Waals surface area contributed by atoms with Crippen LogP contribution < -0.4 is 0 Å². The molecule has 3 nitrogen and oxygen atoms in total. The Morgan fingerprint density at radius 2 is 2.00 bits per heavy atom. The number of ketones is 1. The maximum atomic E-state index is 13.9. The zero-order chi connectivity index (χ0) is 14.1. The van der Waals surface area contributed by atoms with Crippen molar-refractivity contribution in [2.45, 2.75) is 17.0 Å². The highest BCUT2D eigenvalue weighted by molar-refractivity contribution is 7.99. The smallest absolute Gasteiger partial charge is 0.171 e. The number of Topliss-reactive ketones (excluding diaryl/α,β-unsaturated/α-hetero) is 1. The predicted molar refractivity (Wildman–Crippen MR) is 76.6 cm³/mol. The van der Waals surface area contributed by atoms with Gasteiger partial charge in [-0.15, -0.1) is 0 Å². The maximum Gasteiger partial charge on any atom is 0.171 e. The summed E-state index contributed by atoms with van der Waals surface area (Å²) in [5.41, 5.74) is 2.07. The standard InChI is InChI=1S/C15H11FN2OS/c1-9(19)10-5-4-6-11(16)14(10)20-15-17-12-7-2-3-8-13(12)18-15/h2-8H,1H3,(H,17,18). The fourth-order valence-electron chi connectivity index (χ4n) is 1.96. The van der Waals surface area contributed by atoms with Gasteiger partial charge >= 0.3 is 0 Å². The van der Waals surface area contributed by atoms with Crippen LogP contribution >= 0.6 is 11.8 Å². The number of carbonyl (C=O) groups excluding carboxylic acids is 1. The number of nitrogens with zero attached hydrogens (tertiary/aromatic N) is 1. The highest BCUT2D eigenvalue weighted by Gasteiger charge is 2.15. The van der Waals surface area contributed by atoms with Gasteiger partial charge in [0.2, 0.25) is 0 Å². The number of carbonyl (C=O) groups is 1. The topological polar surface area (TPSA) is 45.8 Å². The SMILES string of the molecule is CC(=O)c1cccc(F)c1Sc1nc2ccccc2[nH]1. The van der Waals surface area contributed by atoms with Crippen LogP contribution in [0, 0.1) is 5.82 Å². The number of nitrogens with one attached hydrogen (secondary N) is 1. The third-order valence-corrected chi connectivity index (χ3v) is 3.92. The number of halogens is 1. The quantitative estimate of drug-likeness (QED) is 0.739. The van der Waals surface area contributed by atoms with Crippen LogP contribution in [0.2, 0.25) is 0 Å². The number of hydrogen-bond donors (Lipinski definition) is 1. The Balaban J connectivity index is 2.04. The summed E-state index contributed by atoms with van der Waals surface area (Å²) in [5, 5.41) is 0.568. The molecule has 0 saturated heterocycles. The minimum absolute atomic E-state index is 0.164. The molecule has 100 valence electrons. The highest BCUT2D eigenvalue weighted by atomic mass is 32.2. The van der Waals surface area contributed by atoms with E-state index in [-0.39, 0.29) is 5.78 Å². The van der Waals surface area contributed by atoms with Crippen LogP contribution in [0.3, 0.4) is 0 Å². The summed E-state index contributed by atoms with van der Waals surface area (Å²) >= 11 is 1.13. The monoisotopic (exact) mass is 286 g/mol. The zero-order valence-electron chi connectivity index (χ0n) is 10.7. The van der Waals surface area contributed by atoms with Crippen molar-refractivity contribution in [3.63, 3.8) is 0 Å². The molecule has 0 aliphatic carbocycles. The molecule has 1 N–H and O–H groups in total. The van der Waals surface area contributed by atoms with Gasteiger partial charge in [-0.3, -0.25) is 4.79 Å². The van der Waals surface area contributed by atoms with E-state index in [0.717, 1.165) is 22.8 Å². The van der Waals surface area contributed by atoms with Crippen molar-refractivity contribution in [3.8, 4) is 0 Å². The van der Waals surface area contributed by atoms with Crippen LogP contribution in [0.1, 0.15) is 17.3 Å². The van der Waals surface area contributed by atoms with E-state index in [0.29, 0.717) is 15.6 Å². The van der Waals surface area contributed by atoms with Gasteiger partial charge in [0.15, 0.2) is 10.9 Å². The van der Waals surface area contributed by atoms with Crippen LogP contribution in [-0.2, 0) is 0 Å². The molecule has 0 spiro atoms. The Hall–Kier alpha value is -2.14. The second-order valence-corrected chi connectivity index (χ2v) is 5.33. The minimum atomic E-state index is -0.414. The average Bonchev–Trinajstić information content (AvgIpc) is 2.83. The lowest BCUT2D eigenvalue weighted by Crippen LogP contribution is -1.97. The second-order valence-electron chi connectivity index (χ2n) is 4.33. The van der Waals surface area contributed by atoms with Crippen LogP contribution in [0.5, 0.6) is 0 Å². The van der Waals surface area contributed by atoms with Gasteiger partial charge in [-0.25, -0.2) is 9.37 Å². The van der Waals surface area contributed by atoms with Gasteiger partial charge in [0, 0.05) is 5.56 Å². The van der Waals surface area contributed by atoms with E-state index in [9.17, 15) is 9.18 Å². The summed E-state index contributed by atoms with van der Waals surface area (Å²) in [6.07, 6.45) is 0. The number of imidazole rings is 1. The Bertz CT molecular complexity index is 764. The number of aromatic amines is 1. The molecule has 1 aromatic heterocycles. The molecule has 1 heterocycles. The Morgan fingerprint density at radius 3 is 2.75 bits per heavy atom. The van der Waals surface area contributed by atoms with E-state index < -0.39 is 5.82 Å². The van der Waals surface area contributed by atoms with Crippen molar-refractivity contribution >= 4 is 28.6 Å². The lowest BCUT2D eigenvalue weighted by Gasteiger charge is -2.05. The van der Waals surface area contributed by atoms with Gasteiger partial charge < -0.3 is 4.98 Å². The molecule has 0 radical (unpaired) electrons. The predicted octanol–water partition coefficient (Wildman–Crippen LogP) is 4.06. The van der Waals surface area contributed by atoms with Gasteiger partial charge in [-0.05, 0) is 36.9 Å². The van der Waals surface area contributed by atoms with E-state index in [2.05, 4.69) is 9.97 Å². The number of benzene rings is 2. The lowest BCUT2D eigenvalue weighted by atomic mass is 10.1. The van der Waals surface area contributed by atoms with Crippen molar-refractivity contribution in [2.24, 2.45) is 0 Å². The van der Waals surface area contributed by atoms with Crippen molar-refractivity contribution in [1.82, 2.24) is 9.97 Å². The van der Waals surface area contributed by atoms with E-state index in [1.807, 2.05) is 24.3 Å². The molecule has 3 rings (SSSR count). The van der Waals surface area contributed by atoms with Gasteiger partial charge in [0.1, 0.15) is 5.82 Å². The summed E-state index contributed by atoms with van der Waals surface area (Å²) in [6, 6.07) is 12.1. The molecule has 0 unspecified atom stereocenters. The van der Waals surface area contributed by atoms with Crippen LogP contribution in [0.4, 0.5) is 4.39 Å². The van der Waals surface area contributed by atoms with Crippen LogP contribution in [0.15, 0.2) is 52.5 Å². The molecule has 3 aromatic rings. The van der Waals surface area contributed by atoms with E-state index in [1.165, 1.54) is 19.1 Å². The highest BCUT2D eigenvalue weighted by Crippen LogP contribution is 2.32. The van der Waals surface area contributed by atoms with Crippen molar-refractivity contribution < 1.29 is 9.18 Å². The average molecular weight is 286 g/mol. The maximum absolute atomic E-state index is 13.9. The first kappa shape index (κ1) is 12.9. The lowest BCUT2D eigenvalue weighted by molar-refractivity contribution is 0.101. The number of aromatic nitrogens is 2. The summed E-state index contributed by atoms with van der Waals surface area (Å²) in [4.78, 5) is 19.4. The molecule has 0 saturated carbocycles. The number of H-pyrrole nitrogens is 1. The first-order valence-corrected chi connectivity index (χ1v) is 6.89. The van der Waals surface area contributed by atoms with Gasteiger partial charge in [-0.2, -0.15) is 0 Å². The van der Waals surface area contributed by atoms with Gasteiger partial charge in [-0.1, -0.05) is 24.3 Å². The molecule has 0 fully saturated rings. The summed E-state index contributed by atoms with van der Waals surface area (Å²) in [6.45, 7) is 1.43. The fourth-order valence-corrected chi connectivity index (χ4v) is 2.95. The Kier molecular flexibility index (Phi) is 3.28. The van der Waals surface area contributed by atoms with Crippen molar-refractivity contribution in [2.75, 3.05) is 0 Å². The van der Waals surface area contributed by atoms with Crippen molar-refractivity contribution in [1.29, 1.82) is 0 Å². The third-order valence-electron chi connectivity index (χ3n) is 2.91. The van der Waals surface area contributed by atoms with E-state index >= 15 is 0 Å². The molecular formula is C15H11FN2OS. The first-order valence-electron chi connectivity index (χ1n) is 6.07.